The normalized spacial score (nSPS) is 19.0. The average molecular weight is 587 g/mol. The fourth-order valence-corrected chi connectivity index (χ4v) is 6.66. The highest BCUT2D eigenvalue weighted by Crippen LogP contribution is 2.39. The summed E-state index contributed by atoms with van der Waals surface area (Å²) in [5.41, 5.74) is 2.48. The number of rotatable bonds is 8. The lowest BCUT2D eigenvalue weighted by molar-refractivity contribution is 0.0982. The number of likely N-dealkylation sites (N-methyl/N-ethyl adjacent to an activating group) is 1. The van der Waals surface area contributed by atoms with E-state index in [0.29, 0.717) is 53.0 Å². The van der Waals surface area contributed by atoms with Crippen molar-refractivity contribution < 1.29 is 13.4 Å². The number of nitrogens with zero attached hydrogens (tertiary/aromatic N) is 5. The smallest absolute Gasteiger partial charge is 0.229 e. The van der Waals surface area contributed by atoms with Crippen molar-refractivity contribution in [1.82, 2.24) is 19.8 Å². The average Bonchev–Trinajstić information content (AvgIpc) is 2.98. The number of para-hydroxylation sites is 1. The molecule has 40 heavy (non-hydrogen) atoms. The molecule has 0 radical (unpaired) electrons. The van der Waals surface area contributed by atoms with E-state index in [9.17, 15) is 4.57 Å². The molecule has 2 fully saturated rings. The molecule has 0 atom stereocenters. The standard InChI is InChI=1S/C29H39ClN7O2P/c1-35-15-17-37(18-16-35)21-11-13-36(14-12-21)22-9-10-24(26(19-22)39-2)33-29-31-20-23(30)28(34-29)32-25-7-5-6-8-27(25)40(3,4)38/h5-10,19-21H,11-18H2,1-4H3,(H2,31,32,33,34)/i1D3. The summed E-state index contributed by atoms with van der Waals surface area (Å²) in [5.74, 6) is 1.40. The van der Waals surface area contributed by atoms with Crippen molar-refractivity contribution in [2.75, 3.05) is 82.2 Å². The molecule has 0 amide bonds. The van der Waals surface area contributed by atoms with Gasteiger partial charge >= 0.3 is 0 Å². The van der Waals surface area contributed by atoms with Crippen LogP contribution >= 0.6 is 18.7 Å². The highest BCUT2D eigenvalue weighted by molar-refractivity contribution is 7.70. The molecule has 1 aromatic heterocycles. The van der Waals surface area contributed by atoms with Crippen LogP contribution < -0.4 is 25.6 Å². The molecule has 0 spiro atoms. The first-order valence-corrected chi connectivity index (χ1v) is 16.5. The van der Waals surface area contributed by atoms with E-state index in [2.05, 4.69) is 36.5 Å². The molecule has 3 heterocycles. The van der Waals surface area contributed by atoms with Gasteiger partial charge in [-0.2, -0.15) is 4.98 Å². The second-order valence-electron chi connectivity index (χ2n) is 10.6. The van der Waals surface area contributed by atoms with E-state index in [4.69, 9.17) is 20.5 Å². The van der Waals surface area contributed by atoms with Crippen molar-refractivity contribution in [2.45, 2.75) is 18.9 Å². The molecule has 0 saturated carbocycles. The Morgan fingerprint density at radius 3 is 2.48 bits per heavy atom. The van der Waals surface area contributed by atoms with Gasteiger partial charge in [0.2, 0.25) is 5.95 Å². The second-order valence-corrected chi connectivity index (χ2v) is 14.2. The van der Waals surface area contributed by atoms with Crippen LogP contribution in [0.5, 0.6) is 5.75 Å². The summed E-state index contributed by atoms with van der Waals surface area (Å²) in [6.45, 7) is 6.06. The molecule has 0 unspecified atom stereocenters. The van der Waals surface area contributed by atoms with Crippen molar-refractivity contribution in [3.63, 3.8) is 0 Å². The monoisotopic (exact) mass is 586 g/mol. The molecule has 2 saturated heterocycles. The highest BCUT2D eigenvalue weighted by atomic mass is 35.5. The summed E-state index contributed by atoms with van der Waals surface area (Å²) in [6, 6.07) is 13.9. The fraction of sp³-hybridized carbons (Fsp3) is 0.448. The van der Waals surface area contributed by atoms with Crippen molar-refractivity contribution in [2.24, 2.45) is 0 Å². The Bertz CT molecular complexity index is 1470. The molecule has 3 aromatic rings. The van der Waals surface area contributed by atoms with Crippen LogP contribution in [-0.4, -0.2) is 92.5 Å². The SMILES string of the molecule is [2H]C([2H])([2H])N1CCN(C2CCN(c3ccc(Nc4ncc(Cl)c(Nc5ccccc5P(C)(C)=O)n4)c(OC)c3)CC2)CC1. The van der Waals surface area contributed by atoms with Gasteiger partial charge in [0.05, 0.1) is 24.7 Å². The van der Waals surface area contributed by atoms with E-state index in [1.807, 2.05) is 36.4 Å². The minimum absolute atomic E-state index is 0.339. The summed E-state index contributed by atoms with van der Waals surface area (Å²) >= 11 is 6.42. The Hall–Kier alpha value is -2.84. The van der Waals surface area contributed by atoms with Crippen molar-refractivity contribution in [1.29, 1.82) is 0 Å². The third-order valence-electron chi connectivity index (χ3n) is 7.57. The van der Waals surface area contributed by atoms with Gasteiger partial charge in [0.25, 0.3) is 0 Å². The minimum Gasteiger partial charge on any atom is -0.494 e. The highest BCUT2D eigenvalue weighted by Gasteiger charge is 2.27. The van der Waals surface area contributed by atoms with Gasteiger partial charge in [0.15, 0.2) is 5.82 Å². The largest absolute Gasteiger partial charge is 0.494 e. The quantitative estimate of drug-likeness (QED) is 0.351. The molecule has 0 aliphatic carbocycles. The number of aromatic nitrogens is 2. The van der Waals surface area contributed by atoms with Crippen molar-refractivity contribution >= 4 is 52.9 Å². The molecule has 0 bridgehead atoms. The number of methoxy groups -OCH3 is 1. The summed E-state index contributed by atoms with van der Waals surface area (Å²) in [4.78, 5) is 15.3. The van der Waals surface area contributed by atoms with Crippen LogP contribution in [-0.2, 0) is 4.57 Å². The first-order chi connectivity index (χ1) is 20.4. The van der Waals surface area contributed by atoms with Crippen LogP contribution in [0, 0.1) is 0 Å². The van der Waals surface area contributed by atoms with Gasteiger partial charge in [-0.15, -0.1) is 0 Å². The van der Waals surface area contributed by atoms with Gasteiger partial charge in [0, 0.05) is 66.5 Å². The lowest BCUT2D eigenvalue weighted by atomic mass is 10.0. The number of hydrogen-bond acceptors (Lipinski definition) is 9. The second kappa shape index (κ2) is 12.4. The van der Waals surface area contributed by atoms with Gasteiger partial charge in [-0.1, -0.05) is 23.7 Å². The van der Waals surface area contributed by atoms with E-state index in [1.165, 1.54) is 6.20 Å². The van der Waals surface area contributed by atoms with Crippen LogP contribution in [0.25, 0.3) is 0 Å². The molecule has 2 aliphatic heterocycles. The van der Waals surface area contributed by atoms with Crippen LogP contribution in [0.2, 0.25) is 5.02 Å². The third-order valence-corrected chi connectivity index (χ3v) is 9.40. The molecule has 2 aromatic carbocycles. The summed E-state index contributed by atoms with van der Waals surface area (Å²) in [6.07, 6.45) is 3.57. The Morgan fingerprint density at radius 1 is 1.02 bits per heavy atom. The maximum absolute atomic E-state index is 12.8. The number of piperazine rings is 1. The van der Waals surface area contributed by atoms with E-state index < -0.39 is 14.1 Å². The number of hydrogen-bond donors (Lipinski definition) is 2. The van der Waals surface area contributed by atoms with E-state index in [1.54, 1.807) is 25.3 Å². The molecule has 11 heteroatoms. The Morgan fingerprint density at radius 2 is 1.77 bits per heavy atom. The molecule has 2 N–H and O–H groups in total. The van der Waals surface area contributed by atoms with Gasteiger partial charge < -0.3 is 29.7 Å². The predicted molar refractivity (Wildman–Crippen MR) is 166 cm³/mol. The number of benzene rings is 2. The zero-order valence-corrected chi connectivity index (χ0v) is 24.9. The van der Waals surface area contributed by atoms with Gasteiger partial charge in [-0.05, 0) is 57.4 Å². The van der Waals surface area contributed by atoms with E-state index in [-0.39, 0.29) is 0 Å². The number of piperidine rings is 1. The number of ether oxygens (including phenoxy) is 1. The molecular weight excluding hydrogens is 545 g/mol. The number of anilines is 5. The Labute approximate surface area is 246 Å². The fourth-order valence-electron chi connectivity index (χ4n) is 5.37. The van der Waals surface area contributed by atoms with E-state index >= 15 is 0 Å². The van der Waals surface area contributed by atoms with Crippen LogP contribution in [0.15, 0.2) is 48.7 Å². The molecule has 2 aliphatic rings. The molecule has 9 nitrogen and oxygen atoms in total. The third kappa shape index (κ3) is 6.72. The zero-order chi connectivity index (χ0) is 30.8. The summed E-state index contributed by atoms with van der Waals surface area (Å²) < 4.78 is 41.5. The number of nitrogens with one attached hydrogen (secondary N) is 2. The van der Waals surface area contributed by atoms with Gasteiger partial charge in [0.1, 0.15) is 17.9 Å². The first-order valence-electron chi connectivity index (χ1n) is 15.1. The van der Waals surface area contributed by atoms with Gasteiger partial charge in [-0.25, -0.2) is 4.98 Å². The minimum atomic E-state index is -2.53. The van der Waals surface area contributed by atoms with Crippen LogP contribution in [0.4, 0.5) is 28.8 Å². The van der Waals surface area contributed by atoms with Crippen LogP contribution in [0.1, 0.15) is 17.0 Å². The molecule has 214 valence electrons. The predicted octanol–water partition coefficient (Wildman–Crippen LogP) is 5.09. The molecule has 5 rings (SSSR count). The first kappa shape index (κ1) is 24.9. The Kier molecular flexibility index (Phi) is 7.69. The van der Waals surface area contributed by atoms with Gasteiger partial charge in [-0.3, -0.25) is 4.90 Å². The lowest BCUT2D eigenvalue weighted by Gasteiger charge is -2.42. The molecular formula is C29H39ClN7O2P. The maximum Gasteiger partial charge on any atom is 0.229 e. The Balaban J connectivity index is 1.23. The zero-order valence-electron chi connectivity index (χ0n) is 26.2. The number of halogens is 1. The topological polar surface area (TPSA) is 85.9 Å². The lowest BCUT2D eigenvalue weighted by Crippen LogP contribution is -2.52. The summed E-state index contributed by atoms with van der Waals surface area (Å²) in [5, 5.41) is 7.53. The van der Waals surface area contributed by atoms with E-state index in [0.717, 1.165) is 50.0 Å². The van der Waals surface area contributed by atoms with Crippen LogP contribution in [0.3, 0.4) is 0 Å². The van der Waals surface area contributed by atoms with Crippen molar-refractivity contribution in [3.05, 3.63) is 53.7 Å². The summed E-state index contributed by atoms with van der Waals surface area (Å²) in [7, 11) is -0.894. The maximum atomic E-state index is 12.8. The van der Waals surface area contributed by atoms with Crippen molar-refractivity contribution in [3.8, 4) is 5.75 Å².